The van der Waals surface area contributed by atoms with Crippen molar-refractivity contribution in [3.63, 3.8) is 0 Å². The van der Waals surface area contributed by atoms with Gasteiger partial charge in [0.1, 0.15) is 0 Å². The minimum atomic E-state index is -0.123. The predicted octanol–water partition coefficient (Wildman–Crippen LogP) is 2.36. The lowest BCUT2D eigenvalue weighted by atomic mass is 10.2. The maximum Gasteiger partial charge on any atom is 0.306 e. The van der Waals surface area contributed by atoms with Crippen LogP contribution in [0.25, 0.3) is 0 Å². The topological polar surface area (TPSA) is 26.3 Å². The highest BCUT2D eigenvalue weighted by Crippen LogP contribution is 1.98. The summed E-state index contributed by atoms with van der Waals surface area (Å²) in [4.78, 5) is 10.9. The molecule has 1 radical (unpaired) electrons. The summed E-state index contributed by atoms with van der Waals surface area (Å²) >= 11 is 0. The fraction of sp³-hybridized carbons (Fsp3) is 0.600. The van der Waals surface area contributed by atoms with Crippen molar-refractivity contribution in [2.75, 3.05) is 6.61 Å². The molecule has 0 N–H and O–H groups in total. The molecule has 0 aliphatic rings. The number of esters is 1. The number of carbonyl (C=O) groups excluding carboxylic acids is 1. The van der Waals surface area contributed by atoms with Crippen molar-refractivity contribution in [3.8, 4) is 0 Å². The fourth-order valence-corrected chi connectivity index (χ4v) is 0.651. The summed E-state index contributed by atoms with van der Waals surface area (Å²) in [6.45, 7) is 8.08. The first kappa shape index (κ1) is 11.2. The van der Waals surface area contributed by atoms with Crippen LogP contribution in [0.2, 0.25) is 0 Å². The van der Waals surface area contributed by atoms with Crippen molar-refractivity contribution >= 4 is 5.97 Å². The Morgan fingerprint density at radius 3 is 2.75 bits per heavy atom. The summed E-state index contributed by atoms with van der Waals surface area (Å²) in [5, 5.41) is 0. The number of ether oxygens (including phenoxy) is 1. The van der Waals surface area contributed by atoms with E-state index in [1.165, 1.54) is 0 Å². The van der Waals surface area contributed by atoms with Gasteiger partial charge >= 0.3 is 5.97 Å². The molecular formula is C10H17O2. The highest BCUT2D eigenvalue weighted by molar-refractivity contribution is 5.69. The second kappa shape index (κ2) is 6.89. The van der Waals surface area contributed by atoms with Gasteiger partial charge in [-0.15, -0.1) is 0 Å². The molecule has 0 aliphatic carbocycles. The molecule has 2 heteroatoms. The van der Waals surface area contributed by atoms with Crippen LogP contribution < -0.4 is 0 Å². The van der Waals surface area contributed by atoms with E-state index in [1.807, 2.05) is 19.9 Å². The Balaban J connectivity index is 3.34. The first-order valence-corrected chi connectivity index (χ1v) is 4.26. The number of hydrogen-bond donors (Lipinski definition) is 0. The van der Waals surface area contributed by atoms with E-state index < -0.39 is 0 Å². The predicted molar refractivity (Wildman–Crippen MR) is 49.5 cm³/mol. The monoisotopic (exact) mass is 169 g/mol. The molecule has 2 nitrogen and oxygen atoms in total. The van der Waals surface area contributed by atoms with E-state index in [4.69, 9.17) is 4.74 Å². The van der Waals surface area contributed by atoms with E-state index in [0.717, 1.165) is 6.42 Å². The van der Waals surface area contributed by atoms with Gasteiger partial charge in [-0.25, -0.2) is 0 Å². The molecular weight excluding hydrogens is 152 g/mol. The SMILES string of the molecule is [CH2]C=CCCC(=O)OCC(C)C. The van der Waals surface area contributed by atoms with Gasteiger partial charge in [-0.3, -0.25) is 4.79 Å². The molecule has 0 heterocycles. The van der Waals surface area contributed by atoms with Crippen LogP contribution in [0.5, 0.6) is 0 Å². The van der Waals surface area contributed by atoms with Crippen LogP contribution in [0, 0.1) is 12.8 Å². The molecule has 0 spiro atoms. The Morgan fingerprint density at radius 2 is 2.25 bits per heavy atom. The fourth-order valence-electron chi connectivity index (χ4n) is 0.651. The number of carbonyl (C=O) groups is 1. The highest BCUT2D eigenvalue weighted by atomic mass is 16.5. The number of allylic oxidation sites excluding steroid dienone is 2. The zero-order chi connectivity index (χ0) is 9.40. The van der Waals surface area contributed by atoms with Gasteiger partial charge in [-0.05, 0) is 19.3 Å². The Labute approximate surface area is 74.6 Å². The van der Waals surface area contributed by atoms with Crippen molar-refractivity contribution in [1.82, 2.24) is 0 Å². The van der Waals surface area contributed by atoms with E-state index in [0.29, 0.717) is 18.9 Å². The Hall–Kier alpha value is -0.790. The average molecular weight is 169 g/mol. The van der Waals surface area contributed by atoms with E-state index in [2.05, 4.69) is 6.92 Å². The van der Waals surface area contributed by atoms with Gasteiger partial charge in [0.25, 0.3) is 0 Å². The van der Waals surface area contributed by atoms with Crippen molar-refractivity contribution in [3.05, 3.63) is 19.1 Å². The van der Waals surface area contributed by atoms with Gasteiger partial charge in [-0.2, -0.15) is 0 Å². The minimum absolute atomic E-state index is 0.123. The lowest BCUT2D eigenvalue weighted by Gasteiger charge is -2.05. The van der Waals surface area contributed by atoms with Gasteiger partial charge in [0.05, 0.1) is 6.61 Å². The lowest BCUT2D eigenvalue weighted by Crippen LogP contribution is -2.09. The first-order chi connectivity index (χ1) is 5.66. The van der Waals surface area contributed by atoms with E-state index >= 15 is 0 Å². The van der Waals surface area contributed by atoms with Gasteiger partial charge < -0.3 is 4.74 Å². The molecule has 0 aromatic heterocycles. The molecule has 0 unspecified atom stereocenters. The second-order valence-corrected chi connectivity index (χ2v) is 3.09. The van der Waals surface area contributed by atoms with Gasteiger partial charge in [0, 0.05) is 6.42 Å². The molecule has 0 amide bonds. The average Bonchev–Trinajstić information content (AvgIpc) is 2.01. The van der Waals surface area contributed by atoms with Gasteiger partial charge in [0.15, 0.2) is 0 Å². The molecule has 0 aromatic rings. The van der Waals surface area contributed by atoms with Crippen LogP contribution in [0.3, 0.4) is 0 Å². The lowest BCUT2D eigenvalue weighted by molar-refractivity contribution is -0.144. The van der Waals surface area contributed by atoms with E-state index in [9.17, 15) is 4.79 Å². The molecule has 0 aliphatic heterocycles. The molecule has 0 bridgehead atoms. The normalized spacial score (nSPS) is 11.0. The van der Waals surface area contributed by atoms with Crippen LogP contribution in [0.1, 0.15) is 26.7 Å². The van der Waals surface area contributed by atoms with Crippen molar-refractivity contribution in [1.29, 1.82) is 0 Å². The molecule has 0 fully saturated rings. The quantitative estimate of drug-likeness (QED) is 0.590. The number of rotatable bonds is 5. The molecule has 0 saturated heterocycles. The Bertz CT molecular complexity index is 148. The minimum Gasteiger partial charge on any atom is -0.465 e. The molecule has 0 saturated carbocycles. The molecule has 0 atom stereocenters. The van der Waals surface area contributed by atoms with Crippen molar-refractivity contribution < 1.29 is 9.53 Å². The Morgan fingerprint density at radius 1 is 1.58 bits per heavy atom. The second-order valence-electron chi connectivity index (χ2n) is 3.09. The first-order valence-electron chi connectivity index (χ1n) is 4.26. The van der Waals surface area contributed by atoms with Crippen LogP contribution in [0.4, 0.5) is 0 Å². The van der Waals surface area contributed by atoms with Crippen molar-refractivity contribution in [2.45, 2.75) is 26.7 Å². The molecule has 0 rings (SSSR count). The van der Waals surface area contributed by atoms with Crippen LogP contribution in [-0.4, -0.2) is 12.6 Å². The standard InChI is InChI=1S/C10H17O2/c1-4-5-6-7-10(11)12-8-9(2)3/h4-5,9H,1,6-8H2,2-3H3. The number of hydrogen-bond acceptors (Lipinski definition) is 2. The molecule has 0 aromatic carbocycles. The van der Waals surface area contributed by atoms with E-state index in [1.54, 1.807) is 6.08 Å². The molecule has 69 valence electrons. The summed E-state index contributed by atoms with van der Waals surface area (Å²) in [5.74, 6) is 0.291. The van der Waals surface area contributed by atoms with Crippen LogP contribution >= 0.6 is 0 Å². The summed E-state index contributed by atoms with van der Waals surface area (Å²) in [5.41, 5.74) is 0. The largest absolute Gasteiger partial charge is 0.465 e. The zero-order valence-corrected chi connectivity index (χ0v) is 7.88. The summed E-state index contributed by atoms with van der Waals surface area (Å²) in [6.07, 6.45) is 4.73. The summed E-state index contributed by atoms with van der Waals surface area (Å²) in [6, 6.07) is 0. The van der Waals surface area contributed by atoms with Gasteiger partial charge in [0.2, 0.25) is 0 Å². The third kappa shape index (κ3) is 7.32. The molecule has 12 heavy (non-hydrogen) atoms. The van der Waals surface area contributed by atoms with Crippen molar-refractivity contribution in [2.24, 2.45) is 5.92 Å². The maximum atomic E-state index is 10.9. The highest BCUT2D eigenvalue weighted by Gasteiger charge is 2.01. The summed E-state index contributed by atoms with van der Waals surface area (Å²) < 4.78 is 4.96. The summed E-state index contributed by atoms with van der Waals surface area (Å²) in [7, 11) is 0. The third-order valence-corrected chi connectivity index (χ3v) is 1.26. The smallest absolute Gasteiger partial charge is 0.306 e. The maximum absolute atomic E-state index is 10.9. The van der Waals surface area contributed by atoms with E-state index in [-0.39, 0.29) is 5.97 Å². The zero-order valence-electron chi connectivity index (χ0n) is 7.88. The Kier molecular flexibility index (Phi) is 6.44. The van der Waals surface area contributed by atoms with Crippen LogP contribution in [-0.2, 0) is 9.53 Å². The third-order valence-electron chi connectivity index (χ3n) is 1.26. The van der Waals surface area contributed by atoms with Gasteiger partial charge in [-0.1, -0.05) is 26.0 Å². The van der Waals surface area contributed by atoms with Crippen LogP contribution in [0.15, 0.2) is 12.2 Å².